The third-order valence-electron chi connectivity index (χ3n) is 5.35. The standard InChI is InChI=1S/C22H28FN4O13P/c1-4-8-21(31)17(28)22(23,40-18(21)27-9-7-14-15(24)25-11-26-16(14)27)10-37-41(32,38-12-35-19(29)33-5-2)39-13-36-20(30)34-6-3/h7,9,11,17-18,28,31H,5-6,10,12-13H2,1-3H3,(H2,24,25,26)/t17-,18+,21+,22+/m0/s1. The molecule has 0 bridgehead atoms. The highest BCUT2D eigenvalue weighted by Crippen LogP contribution is 2.53. The maximum absolute atomic E-state index is 16.1. The first-order chi connectivity index (χ1) is 19.4. The number of aliphatic hydroxyl groups is 2. The Labute approximate surface area is 232 Å². The number of nitrogens with two attached hydrogens (primary N) is 1. The van der Waals surface area contributed by atoms with Gasteiger partial charge in [-0.2, -0.15) is 0 Å². The normalized spacial score (nSPS) is 24.0. The number of anilines is 1. The van der Waals surface area contributed by atoms with E-state index in [0.717, 1.165) is 10.9 Å². The molecule has 0 aliphatic carbocycles. The summed E-state index contributed by atoms with van der Waals surface area (Å²) in [5.41, 5.74) is 3.36. The van der Waals surface area contributed by atoms with E-state index in [2.05, 4.69) is 40.8 Å². The Morgan fingerprint density at radius 2 is 1.76 bits per heavy atom. The van der Waals surface area contributed by atoms with Crippen molar-refractivity contribution < 1.29 is 66.0 Å². The second kappa shape index (κ2) is 13.4. The quantitative estimate of drug-likeness (QED) is 0.135. The van der Waals surface area contributed by atoms with Crippen molar-refractivity contribution in [1.29, 1.82) is 0 Å². The first kappa shape index (κ1) is 32.0. The maximum atomic E-state index is 16.1. The summed E-state index contributed by atoms with van der Waals surface area (Å²) in [6.07, 6.45) is -4.09. The fourth-order valence-corrected chi connectivity index (χ4v) is 4.49. The van der Waals surface area contributed by atoms with Crippen LogP contribution in [0.25, 0.3) is 11.0 Å². The molecule has 226 valence electrons. The highest BCUT2D eigenvalue weighted by Gasteiger charge is 2.65. The van der Waals surface area contributed by atoms with Gasteiger partial charge in [-0.05, 0) is 26.8 Å². The summed E-state index contributed by atoms with van der Waals surface area (Å²) < 4.78 is 68.6. The van der Waals surface area contributed by atoms with Crippen LogP contribution in [-0.2, 0) is 41.8 Å². The molecule has 4 N–H and O–H groups in total. The van der Waals surface area contributed by atoms with E-state index in [4.69, 9.17) is 24.0 Å². The molecule has 1 aliphatic heterocycles. The summed E-state index contributed by atoms with van der Waals surface area (Å²) in [5, 5.41) is 22.5. The molecule has 0 saturated carbocycles. The Balaban J connectivity index is 1.83. The number of halogens is 1. The van der Waals surface area contributed by atoms with Crippen molar-refractivity contribution in [3.63, 3.8) is 0 Å². The Kier molecular flexibility index (Phi) is 10.4. The summed E-state index contributed by atoms with van der Waals surface area (Å²) >= 11 is 0. The lowest BCUT2D eigenvalue weighted by atomic mass is 9.93. The van der Waals surface area contributed by atoms with Crippen LogP contribution in [0.2, 0.25) is 0 Å². The summed E-state index contributed by atoms with van der Waals surface area (Å²) in [4.78, 5) is 30.7. The monoisotopic (exact) mass is 606 g/mol. The van der Waals surface area contributed by atoms with Gasteiger partial charge in [-0.15, -0.1) is 5.92 Å². The molecule has 19 heteroatoms. The number of fused-ring (bicyclic) bond motifs is 1. The first-order valence-corrected chi connectivity index (χ1v) is 13.3. The lowest BCUT2D eigenvalue weighted by Crippen LogP contribution is -2.50. The number of alkyl halides is 1. The number of aliphatic hydroxyl groups excluding tert-OH is 1. The number of rotatable bonds is 12. The average Bonchev–Trinajstić information content (AvgIpc) is 3.43. The van der Waals surface area contributed by atoms with Gasteiger partial charge in [0.05, 0.1) is 18.6 Å². The summed E-state index contributed by atoms with van der Waals surface area (Å²) in [7, 11) is -4.93. The number of carbonyl (C=O) groups excluding carboxylic acids is 2. The van der Waals surface area contributed by atoms with Crippen molar-refractivity contribution in [1.82, 2.24) is 14.5 Å². The first-order valence-electron chi connectivity index (χ1n) is 11.8. The second-order valence-electron chi connectivity index (χ2n) is 7.95. The molecular weight excluding hydrogens is 578 g/mol. The van der Waals surface area contributed by atoms with Gasteiger partial charge < -0.3 is 44.2 Å². The number of carbonyl (C=O) groups is 2. The van der Waals surface area contributed by atoms with Crippen LogP contribution in [0.5, 0.6) is 0 Å². The molecule has 1 fully saturated rings. The highest BCUT2D eigenvalue weighted by atomic mass is 31.2. The van der Waals surface area contributed by atoms with E-state index in [0.29, 0.717) is 5.39 Å². The third kappa shape index (κ3) is 7.21. The molecule has 0 unspecified atom stereocenters. The zero-order chi connectivity index (χ0) is 30.3. The van der Waals surface area contributed by atoms with E-state index in [-0.39, 0.29) is 24.7 Å². The largest absolute Gasteiger partial charge is 0.510 e. The fraction of sp³-hybridized carbons (Fsp3) is 0.545. The molecule has 0 spiro atoms. The molecule has 0 radical (unpaired) electrons. The van der Waals surface area contributed by atoms with Crippen molar-refractivity contribution in [3.8, 4) is 11.8 Å². The number of hydrogen-bond acceptors (Lipinski definition) is 16. The number of phosphoric ester groups is 1. The lowest BCUT2D eigenvalue weighted by Gasteiger charge is -2.27. The Morgan fingerprint density at radius 3 is 2.32 bits per heavy atom. The van der Waals surface area contributed by atoms with E-state index in [1.165, 1.54) is 33.0 Å². The number of nitrogens with zero attached hydrogens (tertiary/aromatic N) is 3. The van der Waals surface area contributed by atoms with E-state index in [1.807, 2.05) is 0 Å². The van der Waals surface area contributed by atoms with Gasteiger partial charge in [0.2, 0.25) is 19.2 Å². The van der Waals surface area contributed by atoms with Crippen LogP contribution in [0.3, 0.4) is 0 Å². The minimum Gasteiger partial charge on any atom is -0.435 e. The number of hydrogen-bond donors (Lipinski definition) is 3. The minimum absolute atomic E-state index is 0.0451. The molecular formula is C22H28FN4O13P. The van der Waals surface area contributed by atoms with Gasteiger partial charge in [-0.3, -0.25) is 4.52 Å². The Bertz CT molecular complexity index is 1320. The van der Waals surface area contributed by atoms with Crippen molar-refractivity contribution in [2.75, 3.05) is 39.1 Å². The Morgan fingerprint density at radius 1 is 1.15 bits per heavy atom. The second-order valence-corrected chi connectivity index (χ2v) is 9.62. The van der Waals surface area contributed by atoms with Crippen molar-refractivity contribution in [2.24, 2.45) is 0 Å². The molecule has 1 saturated heterocycles. The van der Waals surface area contributed by atoms with Crippen LogP contribution in [0.1, 0.15) is 27.0 Å². The molecule has 0 amide bonds. The molecule has 41 heavy (non-hydrogen) atoms. The van der Waals surface area contributed by atoms with Crippen molar-refractivity contribution in [3.05, 3.63) is 18.6 Å². The number of phosphoric acid groups is 1. The predicted molar refractivity (Wildman–Crippen MR) is 132 cm³/mol. The van der Waals surface area contributed by atoms with Gasteiger partial charge in [0.1, 0.15) is 24.4 Å². The summed E-state index contributed by atoms with van der Waals surface area (Å²) in [6.45, 7) is 0.695. The van der Waals surface area contributed by atoms with E-state index >= 15 is 4.39 Å². The molecule has 1 aliphatic rings. The molecule has 0 aromatic carbocycles. The van der Waals surface area contributed by atoms with Gasteiger partial charge >= 0.3 is 20.1 Å². The number of aromatic nitrogens is 3. The topological polar surface area (TPSA) is 222 Å². The summed E-state index contributed by atoms with van der Waals surface area (Å²) in [6, 6.07) is 1.47. The van der Waals surface area contributed by atoms with Gasteiger partial charge in [-0.25, -0.2) is 37.6 Å². The highest BCUT2D eigenvalue weighted by molar-refractivity contribution is 7.48. The molecule has 2 aromatic heterocycles. The lowest BCUT2D eigenvalue weighted by molar-refractivity contribution is -0.205. The molecule has 17 nitrogen and oxygen atoms in total. The number of ether oxygens (including phenoxy) is 5. The van der Waals surface area contributed by atoms with E-state index < -0.39 is 64.1 Å². The molecule has 4 atom stereocenters. The smallest absolute Gasteiger partial charge is 0.435 e. The Hall–Kier alpha value is -3.56. The zero-order valence-electron chi connectivity index (χ0n) is 22.1. The average molecular weight is 606 g/mol. The van der Waals surface area contributed by atoms with Crippen LogP contribution in [0.4, 0.5) is 19.8 Å². The maximum Gasteiger partial charge on any atom is 0.510 e. The molecule has 3 heterocycles. The molecule has 3 rings (SSSR count). The fourth-order valence-electron chi connectivity index (χ4n) is 3.57. The van der Waals surface area contributed by atoms with E-state index in [1.54, 1.807) is 0 Å². The predicted octanol–water partition coefficient (Wildman–Crippen LogP) is 1.74. The van der Waals surface area contributed by atoms with Crippen molar-refractivity contribution >= 4 is 37.0 Å². The van der Waals surface area contributed by atoms with Gasteiger partial charge in [0.25, 0.3) is 5.85 Å². The number of nitrogen functional groups attached to an aromatic ring is 1. The zero-order valence-corrected chi connectivity index (χ0v) is 22.9. The van der Waals surface area contributed by atoms with Crippen molar-refractivity contribution in [2.45, 2.75) is 44.6 Å². The van der Waals surface area contributed by atoms with Crippen LogP contribution in [-0.4, -0.2) is 88.0 Å². The summed E-state index contributed by atoms with van der Waals surface area (Å²) in [5.74, 6) is 1.50. The van der Waals surface area contributed by atoms with Crippen LogP contribution in [0.15, 0.2) is 18.6 Å². The van der Waals surface area contributed by atoms with Gasteiger partial charge in [0.15, 0.2) is 12.3 Å². The minimum atomic E-state index is -4.93. The van der Waals surface area contributed by atoms with Crippen LogP contribution >= 0.6 is 7.82 Å². The van der Waals surface area contributed by atoms with Gasteiger partial charge in [-0.1, -0.05) is 5.92 Å². The molecule has 2 aromatic rings. The van der Waals surface area contributed by atoms with E-state index in [9.17, 15) is 24.4 Å². The van der Waals surface area contributed by atoms with Crippen LogP contribution in [0, 0.1) is 11.8 Å². The SMILES string of the molecule is CC#C[C@]1(O)[C@H](n2ccc3c(N)ncnc32)O[C@](F)(COP(=O)(OCOC(=O)OCC)OCOC(=O)OCC)[C@H]1O. The van der Waals surface area contributed by atoms with Crippen LogP contribution < -0.4 is 5.73 Å². The third-order valence-corrected chi connectivity index (χ3v) is 6.63. The van der Waals surface area contributed by atoms with Gasteiger partial charge in [0, 0.05) is 6.20 Å².